The van der Waals surface area contributed by atoms with Crippen LogP contribution in [-0.2, 0) is 6.54 Å². The van der Waals surface area contributed by atoms with Gasteiger partial charge in [0.2, 0.25) is 0 Å². The lowest BCUT2D eigenvalue weighted by atomic mass is 10.2. The second-order valence-corrected chi connectivity index (χ2v) is 4.43. The fourth-order valence-electron chi connectivity index (χ4n) is 1.96. The number of pyridine rings is 1. The second kappa shape index (κ2) is 7.31. The first-order chi connectivity index (χ1) is 8.65. The standard InChI is InChI=1S/C14H24FN3/c1-5-11(4)18(7-3)14-13(15)12(8-9-17-14)10-16-6-2/h8-9,11,16H,5-7,10H2,1-4H3. The van der Waals surface area contributed by atoms with Gasteiger partial charge in [-0.25, -0.2) is 9.37 Å². The Morgan fingerprint density at radius 2 is 2.11 bits per heavy atom. The quantitative estimate of drug-likeness (QED) is 0.809. The fraction of sp³-hybridized carbons (Fsp3) is 0.643. The lowest BCUT2D eigenvalue weighted by molar-refractivity contribution is 0.556. The molecule has 0 radical (unpaired) electrons. The molecule has 0 spiro atoms. The van der Waals surface area contributed by atoms with Crippen molar-refractivity contribution in [3.05, 3.63) is 23.6 Å². The van der Waals surface area contributed by atoms with Crippen LogP contribution in [0.15, 0.2) is 12.3 Å². The van der Waals surface area contributed by atoms with Crippen molar-refractivity contribution < 1.29 is 4.39 Å². The summed E-state index contributed by atoms with van der Waals surface area (Å²) < 4.78 is 14.4. The molecule has 1 aromatic heterocycles. The largest absolute Gasteiger partial charge is 0.352 e. The van der Waals surface area contributed by atoms with Crippen LogP contribution < -0.4 is 10.2 Å². The Hall–Kier alpha value is -1.16. The summed E-state index contributed by atoms with van der Waals surface area (Å²) in [5.41, 5.74) is 0.684. The van der Waals surface area contributed by atoms with Gasteiger partial charge < -0.3 is 10.2 Å². The molecule has 0 bridgehead atoms. The molecule has 0 aliphatic carbocycles. The zero-order chi connectivity index (χ0) is 13.5. The first-order valence-corrected chi connectivity index (χ1v) is 6.76. The molecule has 0 fully saturated rings. The Labute approximate surface area is 109 Å². The highest BCUT2D eigenvalue weighted by Crippen LogP contribution is 2.22. The zero-order valence-electron chi connectivity index (χ0n) is 11.8. The van der Waals surface area contributed by atoms with Gasteiger partial charge in [-0.1, -0.05) is 13.8 Å². The molecule has 3 nitrogen and oxygen atoms in total. The van der Waals surface area contributed by atoms with Crippen molar-refractivity contribution in [1.82, 2.24) is 10.3 Å². The van der Waals surface area contributed by atoms with Gasteiger partial charge in [0.1, 0.15) is 0 Å². The SMILES string of the molecule is CCNCc1ccnc(N(CC)C(C)CC)c1F. The van der Waals surface area contributed by atoms with E-state index in [9.17, 15) is 4.39 Å². The number of halogens is 1. The summed E-state index contributed by atoms with van der Waals surface area (Å²) >= 11 is 0. The summed E-state index contributed by atoms with van der Waals surface area (Å²) in [5, 5.41) is 3.15. The van der Waals surface area contributed by atoms with E-state index in [0.29, 0.717) is 24.0 Å². The Morgan fingerprint density at radius 3 is 2.67 bits per heavy atom. The van der Waals surface area contributed by atoms with Crippen molar-refractivity contribution in [3.8, 4) is 0 Å². The van der Waals surface area contributed by atoms with Crippen molar-refractivity contribution >= 4 is 5.82 Å². The minimum Gasteiger partial charge on any atom is -0.352 e. The minimum atomic E-state index is -0.194. The van der Waals surface area contributed by atoms with E-state index in [1.54, 1.807) is 12.3 Å². The lowest BCUT2D eigenvalue weighted by Gasteiger charge is -2.29. The predicted molar refractivity (Wildman–Crippen MR) is 74.3 cm³/mol. The number of anilines is 1. The Balaban J connectivity index is 3.00. The Kier molecular flexibility index (Phi) is 6.05. The summed E-state index contributed by atoms with van der Waals surface area (Å²) in [5.74, 6) is 0.280. The van der Waals surface area contributed by atoms with E-state index in [1.807, 2.05) is 18.7 Å². The van der Waals surface area contributed by atoms with Crippen LogP contribution in [0.4, 0.5) is 10.2 Å². The number of hydrogen-bond donors (Lipinski definition) is 1. The molecule has 1 rings (SSSR count). The molecule has 1 aromatic rings. The molecular weight excluding hydrogens is 229 g/mol. The molecule has 0 aliphatic rings. The summed E-state index contributed by atoms with van der Waals surface area (Å²) in [6, 6.07) is 2.04. The van der Waals surface area contributed by atoms with Crippen molar-refractivity contribution in [2.75, 3.05) is 18.0 Å². The third-order valence-corrected chi connectivity index (χ3v) is 3.25. The number of nitrogens with one attached hydrogen (secondary N) is 1. The molecule has 1 N–H and O–H groups in total. The Morgan fingerprint density at radius 1 is 1.39 bits per heavy atom. The van der Waals surface area contributed by atoms with Crippen molar-refractivity contribution in [1.29, 1.82) is 0 Å². The van der Waals surface area contributed by atoms with Crippen LogP contribution in [0.25, 0.3) is 0 Å². The second-order valence-electron chi connectivity index (χ2n) is 4.43. The van der Waals surface area contributed by atoms with Crippen LogP contribution in [-0.4, -0.2) is 24.1 Å². The van der Waals surface area contributed by atoms with Gasteiger partial charge in [-0.2, -0.15) is 0 Å². The molecular formula is C14H24FN3. The maximum Gasteiger partial charge on any atom is 0.170 e. The number of aromatic nitrogens is 1. The van der Waals surface area contributed by atoms with Gasteiger partial charge in [-0.15, -0.1) is 0 Å². The van der Waals surface area contributed by atoms with Gasteiger partial charge in [0.15, 0.2) is 11.6 Å². The summed E-state index contributed by atoms with van der Waals surface area (Å²) in [6.45, 7) is 10.4. The molecule has 0 aliphatic heterocycles. The van der Waals surface area contributed by atoms with Crippen LogP contribution in [0.3, 0.4) is 0 Å². The van der Waals surface area contributed by atoms with Gasteiger partial charge in [-0.3, -0.25) is 0 Å². The van der Waals surface area contributed by atoms with E-state index in [1.165, 1.54) is 0 Å². The van der Waals surface area contributed by atoms with Gasteiger partial charge >= 0.3 is 0 Å². The van der Waals surface area contributed by atoms with Crippen molar-refractivity contribution in [2.24, 2.45) is 0 Å². The molecule has 0 aromatic carbocycles. The number of rotatable bonds is 7. The molecule has 1 heterocycles. The molecule has 0 saturated heterocycles. The highest BCUT2D eigenvalue weighted by molar-refractivity contribution is 5.44. The lowest BCUT2D eigenvalue weighted by Crippen LogP contribution is -2.34. The van der Waals surface area contributed by atoms with E-state index < -0.39 is 0 Å². The van der Waals surface area contributed by atoms with Crippen LogP contribution in [0.1, 0.15) is 39.7 Å². The maximum absolute atomic E-state index is 14.4. The normalized spacial score (nSPS) is 12.5. The van der Waals surface area contributed by atoms with Crippen LogP contribution >= 0.6 is 0 Å². The monoisotopic (exact) mass is 253 g/mol. The molecule has 0 saturated carbocycles. The zero-order valence-corrected chi connectivity index (χ0v) is 11.8. The molecule has 0 amide bonds. The maximum atomic E-state index is 14.4. The molecule has 4 heteroatoms. The molecule has 102 valence electrons. The average Bonchev–Trinajstić information content (AvgIpc) is 2.39. The molecule has 18 heavy (non-hydrogen) atoms. The predicted octanol–water partition coefficient (Wildman–Crippen LogP) is 2.96. The van der Waals surface area contributed by atoms with Crippen LogP contribution in [0, 0.1) is 5.82 Å². The van der Waals surface area contributed by atoms with Crippen LogP contribution in [0.2, 0.25) is 0 Å². The number of nitrogens with zero attached hydrogens (tertiary/aromatic N) is 2. The summed E-state index contributed by atoms with van der Waals surface area (Å²) in [4.78, 5) is 6.23. The first kappa shape index (κ1) is 14.9. The Bertz CT molecular complexity index is 368. The number of hydrogen-bond acceptors (Lipinski definition) is 3. The smallest absolute Gasteiger partial charge is 0.170 e. The molecule has 1 atom stereocenters. The summed E-state index contributed by atoms with van der Waals surface area (Å²) in [7, 11) is 0. The third kappa shape index (κ3) is 3.42. The van der Waals surface area contributed by atoms with E-state index in [0.717, 1.165) is 19.5 Å². The highest BCUT2D eigenvalue weighted by Gasteiger charge is 2.18. The van der Waals surface area contributed by atoms with E-state index in [2.05, 4.69) is 24.1 Å². The van der Waals surface area contributed by atoms with Crippen molar-refractivity contribution in [2.45, 2.75) is 46.7 Å². The average molecular weight is 253 g/mol. The third-order valence-electron chi connectivity index (χ3n) is 3.25. The summed E-state index contributed by atoms with van der Waals surface area (Å²) in [6.07, 6.45) is 2.67. The van der Waals surface area contributed by atoms with E-state index in [4.69, 9.17) is 0 Å². The van der Waals surface area contributed by atoms with Crippen LogP contribution in [0.5, 0.6) is 0 Å². The van der Waals surface area contributed by atoms with Gasteiger partial charge in [0.05, 0.1) is 0 Å². The van der Waals surface area contributed by atoms with Gasteiger partial charge in [0, 0.05) is 30.9 Å². The van der Waals surface area contributed by atoms with E-state index >= 15 is 0 Å². The van der Waals surface area contributed by atoms with Crippen molar-refractivity contribution in [3.63, 3.8) is 0 Å². The fourth-order valence-corrected chi connectivity index (χ4v) is 1.96. The molecule has 1 unspecified atom stereocenters. The van der Waals surface area contributed by atoms with Gasteiger partial charge in [0.25, 0.3) is 0 Å². The first-order valence-electron chi connectivity index (χ1n) is 6.76. The highest BCUT2D eigenvalue weighted by atomic mass is 19.1. The topological polar surface area (TPSA) is 28.2 Å². The van der Waals surface area contributed by atoms with Gasteiger partial charge in [-0.05, 0) is 32.9 Å². The minimum absolute atomic E-state index is 0.194. The van der Waals surface area contributed by atoms with E-state index in [-0.39, 0.29) is 5.82 Å².